The summed E-state index contributed by atoms with van der Waals surface area (Å²) in [5.74, 6) is -0.430. The number of benzene rings is 1. The van der Waals surface area contributed by atoms with E-state index in [2.05, 4.69) is 9.97 Å². The molecule has 0 saturated heterocycles. The molecule has 0 N–H and O–H groups in total. The smallest absolute Gasteiger partial charge is 0.357 e. The number of rotatable bonds is 3. The Morgan fingerprint density at radius 3 is 2.56 bits per heavy atom. The maximum Gasteiger partial charge on any atom is 0.357 e. The molecule has 1 aromatic carbocycles. The van der Waals surface area contributed by atoms with Crippen molar-refractivity contribution < 1.29 is 9.53 Å². The van der Waals surface area contributed by atoms with Crippen LogP contribution in [0.2, 0.25) is 0 Å². The van der Waals surface area contributed by atoms with Crippen LogP contribution in [0.15, 0.2) is 36.7 Å². The van der Waals surface area contributed by atoms with E-state index in [1.807, 2.05) is 31.2 Å². The molecular formula is C14H14N2O2. The molecular weight excluding hydrogens is 228 g/mol. The van der Waals surface area contributed by atoms with Gasteiger partial charge in [-0.25, -0.2) is 14.8 Å². The third-order valence-corrected chi connectivity index (χ3v) is 2.50. The number of hydrogen-bond acceptors (Lipinski definition) is 4. The summed E-state index contributed by atoms with van der Waals surface area (Å²) in [6.45, 7) is 4.07. The molecule has 0 aliphatic rings. The number of aromatic nitrogens is 2. The fourth-order valence-corrected chi connectivity index (χ4v) is 1.47. The lowest BCUT2D eigenvalue weighted by Crippen LogP contribution is -2.08. The molecule has 0 atom stereocenters. The number of esters is 1. The van der Waals surface area contributed by atoms with Crippen LogP contribution in [-0.2, 0) is 11.3 Å². The molecule has 1 heterocycles. The number of nitrogens with zero attached hydrogens (tertiary/aromatic N) is 2. The van der Waals surface area contributed by atoms with E-state index in [9.17, 15) is 4.79 Å². The van der Waals surface area contributed by atoms with Crippen LogP contribution in [0.25, 0.3) is 0 Å². The van der Waals surface area contributed by atoms with Crippen molar-refractivity contribution in [3.8, 4) is 0 Å². The van der Waals surface area contributed by atoms with Crippen molar-refractivity contribution >= 4 is 5.97 Å². The van der Waals surface area contributed by atoms with E-state index >= 15 is 0 Å². The molecule has 1 aromatic heterocycles. The molecule has 2 rings (SSSR count). The van der Waals surface area contributed by atoms with E-state index in [1.165, 1.54) is 11.9 Å². The summed E-state index contributed by atoms with van der Waals surface area (Å²) in [6.07, 6.45) is 1.36. The molecule has 92 valence electrons. The Bertz CT molecular complexity index is 550. The normalized spacial score (nSPS) is 10.1. The first-order valence-corrected chi connectivity index (χ1v) is 5.66. The van der Waals surface area contributed by atoms with Gasteiger partial charge in [0.1, 0.15) is 12.9 Å². The highest BCUT2D eigenvalue weighted by Crippen LogP contribution is 2.06. The van der Waals surface area contributed by atoms with E-state index < -0.39 is 5.97 Å². The van der Waals surface area contributed by atoms with Crippen LogP contribution < -0.4 is 0 Å². The maximum absolute atomic E-state index is 11.7. The Morgan fingerprint density at radius 1 is 1.17 bits per heavy atom. The van der Waals surface area contributed by atoms with Gasteiger partial charge >= 0.3 is 5.97 Å². The van der Waals surface area contributed by atoms with Gasteiger partial charge in [-0.1, -0.05) is 29.8 Å². The quantitative estimate of drug-likeness (QED) is 0.776. The number of ether oxygens (including phenoxy) is 1. The van der Waals surface area contributed by atoms with Crippen molar-refractivity contribution in [1.29, 1.82) is 0 Å². The third kappa shape index (κ3) is 3.13. The molecule has 0 aliphatic heterocycles. The van der Waals surface area contributed by atoms with Crippen molar-refractivity contribution in [2.24, 2.45) is 0 Å². The number of hydrogen-bond donors (Lipinski definition) is 0. The standard InChI is InChI=1S/C14H14N2O2/c1-10-3-5-12(6-4-10)8-18-14(17)13-7-11(2)15-9-16-13/h3-7,9H,8H2,1-2H3. The molecule has 0 aliphatic carbocycles. The largest absolute Gasteiger partial charge is 0.456 e. The van der Waals surface area contributed by atoms with Crippen LogP contribution in [0.3, 0.4) is 0 Å². The second kappa shape index (κ2) is 5.40. The minimum atomic E-state index is -0.430. The predicted octanol–water partition coefficient (Wildman–Crippen LogP) is 2.45. The fourth-order valence-electron chi connectivity index (χ4n) is 1.47. The predicted molar refractivity (Wildman–Crippen MR) is 67.1 cm³/mol. The Morgan fingerprint density at radius 2 is 1.89 bits per heavy atom. The molecule has 4 nitrogen and oxygen atoms in total. The number of carbonyl (C=O) groups excluding carboxylic acids is 1. The molecule has 2 aromatic rings. The van der Waals surface area contributed by atoms with Gasteiger partial charge in [-0.2, -0.15) is 0 Å². The van der Waals surface area contributed by atoms with Crippen LogP contribution in [0.4, 0.5) is 0 Å². The lowest BCUT2D eigenvalue weighted by molar-refractivity contribution is 0.0465. The Labute approximate surface area is 106 Å². The fraction of sp³-hybridized carbons (Fsp3) is 0.214. The Kier molecular flexibility index (Phi) is 3.67. The minimum Gasteiger partial charge on any atom is -0.456 e. The van der Waals surface area contributed by atoms with Gasteiger partial charge in [-0.15, -0.1) is 0 Å². The van der Waals surface area contributed by atoms with E-state index in [0.29, 0.717) is 0 Å². The average Bonchev–Trinajstić information content (AvgIpc) is 2.38. The van der Waals surface area contributed by atoms with Crippen molar-refractivity contribution in [3.63, 3.8) is 0 Å². The number of carbonyl (C=O) groups is 1. The van der Waals surface area contributed by atoms with E-state index in [-0.39, 0.29) is 12.3 Å². The monoisotopic (exact) mass is 242 g/mol. The van der Waals surface area contributed by atoms with Crippen LogP contribution in [0.5, 0.6) is 0 Å². The first kappa shape index (κ1) is 12.2. The van der Waals surface area contributed by atoms with Crippen molar-refractivity contribution in [2.75, 3.05) is 0 Å². The molecule has 4 heteroatoms. The van der Waals surface area contributed by atoms with Gasteiger partial charge in [-0.3, -0.25) is 0 Å². The summed E-state index contributed by atoms with van der Waals surface area (Å²) >= 11 is 0. The topological polar surface area (TPSA) is 52.1 Å². The molecule has 0 radical (unpaired) electrons. The van der Waals surface area contributed by atoms with Gasteiger partial charge < -0.3 is 4.74 Å². The highest BCUT2D eigenvalue weighted by Gasteiger charge is 2.09. The highest BCUT2D eigenvalue weighted by atomic mass is 16.5. The van der Waals surface area contributed by atoms with Crippen molar-refractivity contribution in [1.82, 2.24) is 9.97 Å². The SMILES string of the molecule is Cc1ccc(COC(=O)c2cc(C)ncn2)cc1. The van der Waals surface area contributed by atoms with Gasteiger partial charge in [0, 0.05) is 5.69 Å². The van der Waals surface area contributed by atoms with Crippen LogP contribution in [-0.4, -0.2) is 15.9 Å². The molecule has 0 fully saturated rings. The molecule has 0 saturated carbocycles. The van der Waals surface area contributed by atoms with Crippen molar-refractivity contribution in [3.05, 3.63) is 59.2 Å². The summed E-state index contributed by atoms with van der Waals surface area (Å²) in [6, 6.07) is 9.45. The lowest BCUT2D eigenvalue weighted by Gasteiger charge is -2.05. The minimum absolute atomic E-state index is 0.252. The number of aryl methyl sites for hydroxylation is 2. The summed E-state index contributed by atoms with van der Waals surface area (Å²) in [5, 5.41) is 0. The average molecular weight is 242 g/mol. The zero-order valence-electron chi connectivity index (χ0n) is 10.4. The van der Waals surface area contributed by atoms with E-state index in [1.54, 1.807) is 13.0 Å². The molecule has 0 amide bonds. The van der Waals surface area contributed by atoms with Gasteiger partial charge in [0.2, 0.25) is 0 Å². The summed E-state index contributed by atoms with van der Waals surface area (Å²) in [7, 11) is 0. The first-order chi connectivity index (χ1) is 8.65. The second-order valence-electron chi connectivity index (χ2n) is 4.11. The summed E-state index contributed by atoms with van der Waals surface area (Å²) < 4.78 is 5.18. The van der Waals surface area contributed by atoms with Gasteiger partial charge in [-0.05, 0) is 25.5 Å². The Balaban J connectivity index is 1.98. The molecule has 18 heavy (non-hydrogen) atoms. The zero-order valence-corrected chi connectivity index (χ0v) is 10.4. The lowest BCUT2D eigenvalue weighted by atomic mass is 10.2. The van der Waals surface area contributed by atoms with Crippen LogP contribution in [0.1, 0.15) is 27.3 Å². The molecule has 0 bridgehead atoms. The van der Waals surface area contributed by atoms with Crippen molar-refractivity contribution in [2.45, 2.75) is 20.5 Å². The highest BCUT2D eigenvalue weighted by molar-refractivity contribution is 5.87. The van der Waals surface area contributed by atoms with E-state index in [0.717, 1.165) is 11.3 Å². The third-order valence-electron chi connectivity index (χ3n) is 2.50. The van der Waals surface area contributed by atoms with Crippen LogP contribution in [0, 0.1) is 13.8 Å². The zero-order chi connectivity index (χ0) is 13.0. The molecule has 0 unspecified atom stereocenters. The van der Waals surface area contributed by atoms with Gasteiger partial charge in [0.05, 0.1) is 0 Å². The van der Waals surface area contributed by atoms with Crippen LogP contribution >= 0.6 is 0 Å². The maximum atomic E-state index is 11.7. The summed E-state index contributed by atoms with van der Waals surface area (Å²) in [4.78, 5) is 19.5. The van der Waals surface area contributed by atoms with E-state index in [4.69, 9.17) is 4.74 Å². The first-order valence-electron chi connectivity index (χ1n) is 5.66. The summed E-state index contributed by atoms with van der Waals surface area (Å²) in [5.41, 5.74) is 3.16. The Hall–Kier alpha value is -2.23. The second-order valence-corrected chi connectivity index (χ2v) is 4.11. The van der Waals surface area contributed by atoms with Gasteiger partial charge in [0.25, 0.3) is 0 Å². The van der Waals surface area contributed by atoms with Gasteiger partial charge in [0.15, 0.2) is 5.69 Å². The molecule has 0 spiro atoms.